The van der Waals surface area contributed by atoms with Gasteiger partial charge in [-0.1, -0.05) is 48.0 Å². The molecule has 3 rings (SSSR count). The monoisotopic (exact) mass is 460 g/mol. The summed E-state index contributed by atoms with van der Waals surface area (Å²) in [6.07, 6.45) is 1.23. The van der Waals surface area contributed by atoms with Gasteiger partial charge in [0.2, 0.25) is 0 Å². The van der Waals surface area contributed by atoms with Crippen molar-refractivity contribution in [3.05, 3.63) is 95.1 Å². The molecule has 0 saturated heterocycles. The lowest BCUT2D eigenvalue weighted by Crippen LogP contribution is -2.16. The van der Waals surface area contributed by atoms with Gasteiger partial charge in [-0.3, -0.25) is 9.59 Å². The molecule has 0 bridgehead atoms. The first-order valence-corrected chi connectivity index (χ1v) is 11.3. The number of nitrogens with zero attached hydrogens (tertiary/aromatic N) is 1. The van der Waals surface area contributed by atoms with Crippen LogP contribution >= 0.6 is 0 Å². The second-order valence-corrected chi connectivity index (χ2v) is 8.66. The minimum atomic E-state index is -4.13. The summed E-state index contributed by atoms with van der Waals surface area (Å²) < 4.78 is 30.7. The van der Waals surface area contributed by atoms with Gasteiger partial charge in [0, 0.05) is 11.1 Å². The maximum Gasteiger partial charge on any atom is 0.339 e. The molecule has 1 N–H and O–H groups in total. The highest BCUT2D eigenvalue weighted by Crippen LogP contribution is 2.26. The lowest BCUT2D eigenvalue weighted by atomic mass is 10.1. The van der Waals surface area contributed by atoms with Crippen LogP contribution < -0.4 is 9.50 Å². The van der Waals surface area contributed by atoms with Crippen LogP contribution in [0.1, 0.15) is 28.4 Å². The number of ketones is 1. The smallest absolute Gasteiger partial charge is 0.339 e. The molecular weight excluding hydrogens is 440 g/mol. The number of hydrogen-bond donors (Lipinski definition) is 1. The molecule has 1 amide bonds. The van der Waals surface area contributed by atoms with E-state index in [1.54, 1.807) is 54.6 Å². The second kappa shape index (κ2) is 9.94. The third-order valence-electron chi connectivity index (χ3n) is 4.65. The number of Topliss-reactive ketones (excluding diaryl/α,β-unsaturated/α-hetero) is 1. The predicted octanol–water partition coefficient (Wildman–Crippen LogP) is 4.51. The fourth-order valence-corrected chi connectivity index (χ4v) is 3.89. The molecule has 3 aromatic rings. The quantitative estimate of drug-likeness (QED) is 0.240. The van der Waals surface area contributed by atoms with Crippen molar-refractivity contribution in [3.63, 3.8) is 0 Å². The summed E-state index contributed by atoms with van der Waals surface area (Å²) in [4.78, 5) is 24.5. The molecule has 0 atom stereocenters. The zero-order chi connectivity index (χ0) is 24.0. The van der Waals surface area contributed by atoms with E-state index in [0.717, 1.165) is 5.56 Å². The molecule has 0 saturated carbocycles. The molecule has 0 aromatic heterocycles. The first-order chi connectivity index (χ1) is 15.7. The number of nitriles is 1. The Kier molecular flexibility index (Phi) is 7.06. The molecule has 8 heteroatoms. The van der Waals surface area contributed by atoms with Crippen LogP contribution in [-0.4, -0.2) is 20.1 Å². The zero-order valence-electron chi connectivity index (χ0n) is 17.9. The Balaban J connectivity index is 1.91. The number of anilines is 1. The maximum atomic E-state index is 12.7. The molecule has 0 radical (unpaired) electrons. The average Bonchev–Trinajstić information content (AvgIpc) is 2.78. The molecular formula is C25H20N2O5S. The van der Waals surface area contributed by atoms with Gasteiger partial charge < -0.3 is 9.50 Å². The van der Waals surface area contributed by atoms with Crippen molar-refractivity contribution in [1.29, 1.82) is 5.26 Å². The van der Waals surface area contributed by atoms with Gasteiger partial charge in [0.05, 0.1) is 5.69 Å². The van der Waals surface area contributed by atoms with Gasteiger partial charge >= 0.3 is 10.1 Å². The second-order valence-electron chi connectivity index (χ2n) is 7.11. The number of hydrogen-bond acceptors (Lipinski definition) is 6. The summed E-state index contributed by atoms with van der Waals surface area (Å²) in [7, 11) is -4.13. The molecule has 0 heterocycles. The minimum Gasteiger partial charge on any atom is -0.378 e. The van der Waals surface area contributed by atoms with E-state index in [4.69, 9.17) is 4.18 Å². The fraction of sp³-hybridized carbons (Fsp3) is 0.0800. The summed E-state index contributed by atoms with van der Waals surface area (Å²) >= 11 is 0. The number of amides is 1. The normalized spacial score (nSPS) is 11.4. The molecule has 0 unspecified atom stereocenters. The van der Waals surface area contributed by atoms with Gasteiger partial charge in [0.15, 0.2) is 5.78 Å². The predicted molar refractivity (Wildman–Crippen MR) is 124 cm³/mol. The van der Waals surface area contributed by atoms with Gasteiger partial charge in [-0.15, -0.1) is 0 Å². The molecule has 0 aliphatic heterocycles. The Morgan fingerprint density at radius 2 is 1.61 bits per heavy atom. The summed E-state index contributed by atoms with van der Waals surface area (Å²) in [5.74, 6) is -1.03. The number of aryl methyl sites for hydroxylation is 1. The highest BCUT2D eigenvalue weighted by molar-refractivity contribution is 7.87. The number of rotatable bonds is 7. The Hall–Kier alpha value is -4.22. The third-order valence-corrected chi connectivity index (χ3v) is 5.90. The lowest BCUT2D eigenvalue weighted by molar-refractivity contribution is -0.112. The summed E-state index contributed by atoms with van der Waals surface area (Å²) in [6, 6.07) is 20.5. The lowest BCUT2D eigenvalue weighted by Gasteiger charge is -2.11. The molecule has 33 heavy (non-hydrogen) atoms. The zero-order valence-corrected chi connectivity index (χ0v) is 18.7. The first-order valence-electron chi connectivity index (χ1n) is 9.84. The van der Waals surface area contributed by atoms with Crippen LogP contribution in [0.3, 0.4) is 0 Å². The topological polar surface area (TPSA) is 113 Å². The van der Waals surface area contributed by atoms with Crippen molar-refractivity contribution < 1.29 is 22.2 Å². The molecule has 0 fully saturated rings. The number of benzene rings is 3. The maximum absolute atomic E-state index is 12.7. The van der Waals surface area contributed by atoms with Crippen LogP contribution in [0, 0.1) is 18.3 Å². The highest BCUT2D eigenvalue weighted by atomic mass is 32.2. The SMILES string of the molecule is CC(=O)c1ccccc1NC(=O)/C(C#N)=C\c1ccccc1OS(=O)(=O)c1ccc(C)cc1. The number of carbonyl (C=O) groups is 2. The minimum absolute atomic E-state index is 0.0222. The highest BCUT2D eigenvalue weighted by Gasteiger charge is 2.19. The van der Waals surface area contributed by atoms with Crippen LogP contribution in [0.5, 0.6) is 5.75 Å². The van der Waals surface area contributed by atoms with E-state index in [1.165, 1.54) is 37.3 Å². The van der Waals surface area contributed by atoms with Gasteiger partial charge in [-0.2, -0.15) is 13.7 Å². The summed E-state index contributed by atoms with van der Waals surface area (Å²) in [5.41, 5.74) is 1.39. The van der Waals surface area contributed by atoms with Crippen molar-refractivity contribution in [2.45, 2.75) is 18.7 Å². The van der Waals surface area contributed by atoms with Crippen molar-refractivity contribution >= 4 is 33.6 Å². The molecule has 0 aliphatic rings. The first kappa shape index (κ1) is 23.4. The van der Waals surface area contributed by atoms with Crippen LogP contribution in [-0.2, 0) is 14.9 Å². The van der Waals surface area contributed by atoms with Crippen LogP contribution in [0.2, 0.25) is 0 Å². The van der Waals surface area contributed by atoms with E-state index < -0.39 is 16.0 Å². The van der Waals surface area contributed by atoms with Crippen molar-refractivity contribution in [3.8, 4) is 11.8 Å². The summed E-state index contributed by atoms with van der Waals surface area (Å²) in [5, 5.41) is 12.1. The standard InChI is InChI=1S/C25H20N2O5S/c1-17-11-13-21(14-12-17)33(30,31)32-24-10-6-3-7-19(24)15-20(16-26)25(29)27-23-9-5-4-8-22(23)18(2)28/h3-15H,1-2H3,(H,27,29)/b20-15-. The molecule has 0 spiro atoms. The Labute approximate surface area is 192 Å². The molecule has 7 nitrogen and oxygen atoms in total. The van der Waals surface area contributed by atoms with Crippen LogP contribution in [0.4, 0.5) is 5.69 Å². The van der Waals surface area contributed by atoms with Crippen molar-refractivity contribution in [2.24, 2.45) is 0 Å². The van der Waals surface area contributed by atoms with Gasteiger partial charge in [0.1, 0.15) is 22.3 Å². The molecule has 0 aliphatic carbocycles. The average molecular weight is 461 g/mol. The summed E-state index contributed by atoms with van der Waals surface area (Å²) in [6.45, 7) is 3.20. The van der Waals surface area contributed by atoms with E-state index in [-0.39, 0.29) is 33.3 Å². The largest absolute Gasteiger partial charge is 0.378 e. The van der Waals surface area contributed by atoms with Gasteiger partial charge in [-0.05, 0) is 50.3 Å². The number of carbonyl (C=O) groups excluding carboxylic acids is 2. The Morgan fingerprint density at radius 3 is 2.27 bits per heavy atom. The van der Waals surface area contributed by atoms with Gasteiger partial charge in [-0.25, -0.2) is 0 Å². The van der Waals surface area contributed by atoms with E-state index in [9.17, 15) is 23.3 Å². The number of para-hydroxylation sites is 2. The Bertz CT molecular complexity index is 1380. The Morgan fingerprint density at radius 1 is 0.970 bits per heavy atom. The van der Waals surface area contributed by atoms with Crippen molar-refractivity contribution in [1.82, 2.24) is 0 Å². The van der Waals surface area contributed by atoms with Crippen molar-refractivity contribution in [2.75, 3.05) is 5.32 Å². The third kappa shape index (κ3) is 5.73. The van der Waals surface area contributed by atoms with E-state index in [1.807, 2.05) is 6.92 Å². The van der Waals surface area contributed by atoms with Crippen LogP contribution in [0.25, 0.3) is 6.08 Å². The van der Waals surface area contributed by atoms with Gasteiger partial charge in [0.25, 0.3) is 5.91 Å². The molecule has 166 valence electrons. The van der Waals surface area contributed by atoms with E-state index >= 15 is 0 Å². The van der Waals surface area contributed by atoms with Crippen LogP contribution in [0.15, 0.2) is 83.3 Å². The fourth-order valence-electron chi connectivity index (χ4n) is 2.94. The van der Waals surface area contributed by atoms with E-state index in [2.05, 4.69) is 5.32 Å². The van der Waals surface area contributed by atoms with E-state index in [0.29, 0.717) is 5.56 Å². The number of nitrogens with one attached hydrogen (secondary N) is 1. The molecule has 3 aromatic carbocycles.